The van der Waals surface area contributed by atoms with Crippen LogP contribution in [0.25, 0.3) is 0 Å². The zero-order chi connectivity index (χ0) is 17.6. The molecule has 0 saturated carbocycles. The number of carbonyl (C=O) groups is 1. The van der Waals surface area contributed by atoms with Gasteiger partial charge in [-0.25, -0.2) is 4.99 Å². The molecule has 1 fully saturated rings. The standard InChI is InChI=1S/C16H32N4O4/c1-20(2)15(21)12-19-16(18-8-11-22-3)17-7-5-9-23-13-14-6-4-10-24-14/h14H,4-13H2,1-3H3,(H2,17,18,19). The zero-order valence-corrected chi connectivity index (χ0v) is 15.2. The van der Waals surface area contributed by atoms with Crippen molar-refractivity contribution in [3.05, 3.63) is 0 Å². The van der Waals surface area contributed by atoms with Gasteiger partial charge in [0.05, 0.1) is 19.3 Å². The quantitative estimate of drug-likeness (QED) is 0.308. The van der Waals surface area contributed by atoms with Crippen LogP contribution in [0.5, 0.6) is 0 Å². The number of likely N-dealkylation sites (N-methyl/N-ethyl adjacent to an activating group) is 1. The van der Waals surface area contributed by atoms with Gasteiger partial charge in [0.1, 0.15) is 6.54 Å². The molecule has 140 valence electrons. The number of ether oxygens (including phenoxy) is 3. The van der Waals surface area contributed by atoms with Crippen molar-refractivity contribution in [3.8, 4) is 0 Å². The molecule has 0 aliphatic carbocycles. The fourth-order valence-corrected chi connectivity index (χ4v) is 2.11. The van der Waals surface area contributed by atoms with Crippen LogP contribution in [0.2, 0.25) is 0 Å². The molecular formula is C16H32N4O4. The lowest BCUT2D eigenvalue weighted by atomic mass is 10.2. The minimum absolute atomic E-state index is 0.0391. The van der Waals surface area contributed by atoms with E-state index in [1.807, 2.05) is 0 Å². The Morgan fingerprint density at radius 1 is 1.29 bits per heavy atom. The van der Waals surface area contributed by atoms with Gasteiger partial charge < -0.3 is 29.7 Å². The maximum absolute atomic E-state index is 11.6. The number of guanidine groups is 1. The summed E-state index contributed by atoms with van der Waals surface area (Å²) in [5, 5.41) is 6.34. The second-order valence-electron chi connectivity index (χ2n) is 5.86. The molecule has 1 heterocycles. The molecule has 8 nitrogen and oxygen atoms in total. The van der Waals surface area contributed by atoms with Gasteiger partial charge in [-0.2, -0.15) is 0 Å². The van der Waals surface area contributed by atoms with Gasteiger partial charge in [0.15, 0.2) is 5.96 Å². The van der Waals surface area contributed by atoms with Gasteiger partial charge in [0, 0.05) is 47.5 Å². The SMILES string of the molecule is COCCNC(=NCC(=O)N(C)C)NCCCOCC1CCCO1. The predicted molar refractivity (Wildman–Crippen MR) is 93.3 cm³/mol. The molecule has 1 amide bonds. The van der Waals surface area contributed by atoms with Crippen molar-refractivity contribution in [1.29, 1.82) is 0 Å². The highest BCUT2D eigenvalue weighted by atomic mass is 16.5. The third-order valence-electron chi connectivity index (χ3n) is 3.56. The normalized spacial score (nSPS) is 17.8. The van der Waals surface area contributed by atoms with Gasteiger partial charge in [-0.3, -0.25) is 4.79 Å². The number of hydrogen-bond acceptors (Lipinski definition) is 5. The van der Waals surface area contributed by atoms with E-state index in [-0.39, 0.29) is 18.6 Å². The molecule has 0 aromatic heterocycles. The van der Waals surface area contributed by atoms with Gasteiger partial charge >= 0.3 is 0 Å². The summed E-state index contributed by atoms with van der Waals surface area (Å²) in [6, 6.07) is 0. The van der Waals surface area contributed by atoms with E-state index in [4.69, 9.17) is 14.2 Å². The van der Waals surface area contributed by atoms with Crippen molar-refractivity contribution in [2.45, 2.75) is 25.4 Å². The summed E-state index contributed by atoms with van der Waals surface area (Å²) >= 11 is 0. The van der Waals surface area contributed by atoms with Gasteiger partial charge in [-0.05, 0) is 19.3 Å². The topological polar surface area (TPSA) is 84.4 Å². The molecule has 2 N–H and O–H groups in total. The Kier molecular flexibility index (Phi) is 11.2. The third-order valence-corrected chi connectivity index (χ3v) is 3.56. The molecule has 1 saturated heterocycles. The highest BCUT2D eigenvalue weighted by Crippen LogP contribution is 2.11. The molecular weight excluding hydrogens is 312 g/mol. The fourth-order valence-electron chi connectivity index (χ4n) is 2.11. The largest absolute Gasteiger partial charge is 0.383 e. The fraction of sp³-hybridized carbons (Fsp3) is 0.875. The summed E-state index contributed by atoms with van der Waals surface area (Å²) in [4.78, 5) is 17.4. The van der Waals surface area contributed by atoms with Crippen LogP contribution in [-0.2, 0) is 19.0 Å². The summed E-state index contributed by atoms with van der Waals surface area (Å²) in [5.41, 5.74) is 0. The lowest BCUT2D eigenvalue weighted by Gasteiger charge is -2.14. The molecule has 1 rings (SSSR count). The second-order valence-corrected chi connectivity index (χ2v) is 5.86. The van der Waals surface area contributed by atoms with E-state index in [1.165, 1.54) is 4.90 Å². The van der Waals surface area contributed by atoms with Crippen LogP contribution < -0.4 is 10.6 Å². The minimum atomic E-state index is -0.0391. The van der Waals surface area contributed by atoms with Crippen molar-refractivity contribution in [1.82, 2.24) is 15.5 Å². The zero-order valence-electron chi connectivity index (χ0n) is 15.2. The van der Waals surface area contributed by atoms with Crippen LogP contribution in [0.3, 0.4) is 0 Å². The van der Waals surface area contributed by atoms with E-state index in [0.29, 0.717) is 32.3 Å². The van der Waals surface area contributed by atoms with Crippen molar-refractivity contribution >= 4 is 11.9 Å². The average molecular weight is 344 g/mol. The number of aliphatic imine (C=N–C) groups is 1. The Bertz CT molecular complexity index is 371. The number of nitrogens with zero attached hydrogens (tertiary/aromatic N) is 2. The predicted octanol–water partition coefficient (Wildman–Crippen LogP) is -0.158. The molecule has 0 spiro atoms. The smallest absolute Gasteiger partial charge is 0.243 e. The summed E-state index contributed by atoms with van der Waals surface area (Å²) < 4.78 is 16.1. The molecule has 1 aliphatic rings. The highest BCUT2D eigenvalue weighted by molar-refractivity contribution is 5.84. The average Bonchev–Trinajstić information content (AvgIpc) is 3.08. The molecule has 1 aliphatic heterocycles. The Labute approximate surface area is 144 Å². The lowest BCUT2D eigenvalue weighted by Crippen LogP contribution is -2.40. The van der Waals surface area contributed by atoms with Gasteiger partial charge in [-0.15, -0.1) is 0 Å². The molecule has 0 aromatic rings. The van der Waals surface area contributed by atoms with E-state index < -0.39 is 0 Å². The summed E-state index contributed by atoms with van der Waals surface area (Å²) in [6.45, 7) is 4.25. The molecule has 0 bridgehead atoms. The van der Waals surface area contributed by atoms with Crippen LogP contribution in [0.4, 0.5) is 0 Å². The third kappa shape index (κ3) is 9.69. The number of carbonyl (C=O) groups excluding carboxylic acids is 1. The molecule has 0 radical (unpaired) electrons. The number of methoxy groups -OCH3 is 1. The highest BCUT2D eigenvalue weighted by Gasteiger charge is 2.14. The maximum atomic E-state index is 11.6. The first-order valence-corrected chi connectivity index (χ1v) is 8.54. The van der Waals surface area contributed by atoms with E-state index in [0.717, 1.165) is 32.4 Å². The van der Waals surface area contributed by atoms with Crippen LogP contribution in [0.15, 0.2) is 4.99 Å². The van der Waals surface area contributed by atoms with Crippen molar-refractivity contribution < 1.29 is 19.0 Å². The van der Waals surface area contributed by atoms with E-state index >= 15 is 0 Å². The Morgan fingerprint density at radius 2 is 2.08 bits per heavy atom. The van der Waals surface area contributed by atoms with Crippen LogP contribution in [-0.4, -0.2) is 90.1 Å². The minimum Gasteiger partial charge on any atom is -0.383 e. The van der Waals surface area contributed by atoms with Crippen molar-refractivity contribution in [2.24, 2.45) is 4.99 Å². The molecule has 1 atom stereocenters. The summed E-state index contributed by atoms with van der Waals surface area (Å²) in [5.74, 6) is 0.573. The van der Waals surface area contributed by atoms with Crippen LogP contribution in [0.1, 0.15) is 19.3 Å². The maximum Gasteiger partial charge on any atom is 0.243 e. The Balaban J connectivity index is 2.19. The monoisotopic (exact) mass is 344 g/mol. The first-order chi connectivity index (χ1) is 11.6. The van der Waals surface area contributed by atoms with E-state index in [1.54, 1.807) is 21.2 Å². The molecule has 8 heteroatoms. The Hall–Kier alpha value is -1.38. The Morgan fingerprint density at radius 3 is 2.75 bits per heavy atom. The number of rotatable bonds is 11. The molecule has 24 heavy (non-hydrogen) atoms. The molecule has 0 aromatic carbocycles. The number of nitrogens with one attached hydrogen (secondary N) is 2. The second kappa shape index (κ2) is 13.0. The van der Waals surface area contributed by atoms with Crippen molar-refractivity contribution in [2.75, 3.05) is 67.3 Å². The van der Waals surface area contributed by atoms with Gasteiger partial charge in [-0.1, -0.05) is 0 Å². The first kappa shape index (κ1) is 20.7. The number of hydrogen-bond donors (Lipinski definition) is 2. The van der Waals surface area contributed by atoms with Crippen LogP contribution >= 0.6 is 0 Å². The van der Waals surface area contributed by atoms with Crippen LogP contribution in [0, 0.1) is 0 Å². The van der Waals surface area contributed by atoms with E-state index in [9.17, 15) is 4.79 Å². The van der Waals surface area contributed by atoms with Gasteiger partial charge in [0.25, 0.3) is 0 Å². The first-order valence-electron chi connectivity index (χ1n) is 8.54. The summed E-state index contributed by atoms with van der Waals surface area (Å²) in [7, 11) is 5.08. The van der Waals surface area contributed by atoms with Gasteiger partial charge in [0.2, 0.25) is 5.91 Å². The molecule has 1 unspecified atom stereocenters. The van der Waals surface area contributed by atoms with E-state index in [2.05, 4.69) is 15.6 Å². The number of amides is 1. The summed E-state index contributed by atoms with van der Waals surface area (Å²) in [6.07, 6.45) is 3.36. The van der Waals surface area contributed by atoms with Crippen molar-refractivity contribution in [3.63, 3.8) is 0 Å². The lowest BCUT2D eigenvalue weighted by molar-refractivity contribution is -0.127.